The minimum absolute atomic E-state index is 0.0541. The summed E-state index contributed by atoms with van der Waals surface area (Å²) in [7, 11) is 1.52. The van der Waals surface area contributed by atoms with E-state index in [1.54, 1.807) is 30.3 Å². The number of amides is 1. The fraction of sp³-hybridized carbons (Fsp3) is 0.143. The predicted molar refractivity (Wildman–Crippen MR) is 80.3 cm³/mol. The second-order valence-electron chi connectivity index (χ2n) is 4.02. The number of carbonyl (C=O) groups excluding carboxylic acids is 2. The van der Waals surface area contributed by atoms with Gasteiger partial charge in [0.1, 0.15) is 5.75 Å². The summed E-state index contributed by atoms with van der Waals surface area (Å²) in [6, 6.07) is 8.25. The van der Waals surface area contributed by atoms with Crippen LogP contribution in [0.1, 0.15) is 26.3 Å². The number of nitrogens with one attached hydrogen (secondary N) is 1. The van der Waals surface area contributed by atoms with E-state index in [-0.39, 0.29) is 11.7 Å². The van der Waals surface area contributed by atoms with Gasteiger partial charge in [0.05, 0.1) is 21.9 Å². The number of rotatable bonds is 4. The molecule has 4 nitrogen and oxygen atoms in total. The predicted octanol–water partition coefficient (Wildman–Crippen LogP) is 3.87. The van der Waals surface area contributed by atoms with Gasteiger partial charge in [0.25, 0.3) is 5.91 Å². The maximum absolute atomic E-state index is 12.0. The molecule has 0 aliphatic rings. The van der Waals surface area contributed by atoms with Crippen LogP contribution in [0.2, 0.25) is 5.02 Å². The molecule has 0 unspecified atom stereocenters. The summed E-state index contributed by atoms with van der Waals surface area (Å²) in [4.78, 5) is 24.3. The molecule has 0 atom stereocenters. The number of ether oxygens (including phenoxy) is 1. The second-order valence-corrected chi connectivity index (χ2v) is 5.51. The molecule has 2 rings (SSSR count). The van der Waals surface area contributed by atoms with Crippen molar-refractivity contribution in [2.45, 2.75) is 6.92 Å². The minimum Gasteiger partial charge on any atom is -0.495 e. The van der Waals surface area contributed by atoms with Crippen LogP contribution in [0.3, 0.4) is 0 Å². The number of anilines is 1. The molecule has 20 heavy (non-hydrogen) atoms. The molecule has 6 heteroatoms. The van der Waals surface area contributed by atoms with Gasteiger partial charge in [-0.3, -0.25) is 9.59 Å². The van der Waals surface area contributed by atoms with E-state index in [1.165, 1.54) is 14.0 Å². The van der Waals surface area contributed by atoms with Crippen molar-refractivity contribution in [3.8, 4) is 5.75 Å². The average molecular weight is 310 g/mol. The molecule has 1 N–H and O–H groups in total. The molecule has 0 bridgehead atoms. The summed E-state index contributed by atoms with van der Waals surface area (Å²) < 4.78 is 5.04. The number of methoxy groups -OCH3 is 1. The molecule has 0 saturated carbocycles. The molecule has 0 saturated heterocycles. The third-order valence-corrected chi connectivity index (χ3v) is 4.07. The molecule has 1 aromatic heterocycles. The molecule has 1 heterocycles. The van der Waals surface area contributed by atoms with E-state index in [0.29, 0.717) is 26.2 Å². The molecular formula is C14H12ClNO3S. The Morgan fingerprint density at radius 3 is 2.45 bits per heavy atom. The lowest BCUT2D eigenvalue weighted by atomic mass is 10.3. The van der Waals surface area contributed by atoms with E-state index in [0.717, 1.165) is 11.3 Å². The lowest BCUT2D eigenvalue weighted by Crippen LogP contribution is -2.10. The Labute approximate surface area is 125 Å². The zero-order valence-electron chi connectivity index (χ0n) is 10.9. The highest BCUT2D eigenvalue weighted by atomic mass is 35.5. The molecule has 0 fully saturated rings. The van der Waals surface area contributed by atoms with E-state index in [9.17, 15) is 9.59 Å². The van der Waals surface area contributed by atoms with Crippen molar-refractivity contribution in [3.63, 3.8) is 0 Å². The van der Waals surface area contributed by atoms with Crippen LogP contribution in [0, 0.1) is 0 Å². The van der Waals surface area contributed by atoms with Crippen molar-refractivity contribution >= 4 is 40.3 Å². The number of benzene rings is 1. The largest absolute Gasteiger partial charge is 0.495 e. The van der Waals surface area contributed by atoms with Gasteiger partial charge in [0, 0.05) is 5.69 Å². The number of hydrogen-bond acceptors (Lipinski definition) is 4. The highest BCUT2D eigenvalue weighted by molar-refractivity contribution is 7.16. The SMILES string of the molecule is COc1ccc(NC(=O)c2ccc(C(C)=O)s2)cc1Cl. The first-order chi connectivity index (χ1) is 9.51. The van der Waals surface area contributed by atoms with Crippen LogP contribution in [0.5, 0.6) is 5.75 Å². The molecule has 0 spiro atoms. The molecule has 104 valence electrons. The van der Waals surface area contributed by atoms with Gasteiger partial charge in [-0.15, -0.1) is 11.3 Å². The highest BCUT2D eigenvalue weighted by Gasteiger charge is 2.12. The fourth-order valence-corrected chi connectivity index (χ4v) is 2.64. The van der Waals surface area contributed by atoms with Crippen LogP contribution in [-0.2, 0) is 0 Å². The van der Waals surface area contributed by atoms with E-state index >= 15 is 0 Å². The number of ketones is 1. The van der Waals surface area contributed by atoms with Gasteiger partial charge in [-0.1, -0.05) is 11.6 Å². The molecule has 1 amide bonds. The van der Waals surface area contributed by atoms with E-state index in [2.05, 4.69) is 5.32 Å². The number of thiophene rings is 1. The standard InChI is InChI=1S/C14H12ClNO3S/c1-8(17)12-5-6-13(20-12)14(18)16-9-3-4-11(19-2)10(15)7-9/h3-7H,1-2H3,(H,16,18). The Bertz CT molecular complexity index is 666. The van der Waals surface area contributed by atoms with E-state index in [1.807, 2.05) is 0 Å². The molecule has 0 aliphatic carbocycles. The summed E-state index contributed by atoms with van der Waals surface area (Å²) in [6.45, 7) is 1.47. The van der Waals surface area contributed by atoms with E-state index < -0.39 is 0 Å². The van der Waals surface area contributed by atoms with Crippen molar-refractivity contribution in [1.82, 2.24) is 0 Å². The zero-order chi connectivity index (χ0) is 14.7. The average Bonchev–Trinajstić information content (AvgIpc) is 2.88. The number of Topliss-reactive ketones (excluding diaryl/α,β-unsaturated/α-hetero) is 1. The molecule has 2 aromatic rings. The zero-order valence-corrected chi connectivity index (χ0v) is 12.5. The van der Waals surface area contributed by atoms with Crippen LogP contribution >= 0.6 is 22.9 Å². The molecule has 1 aromatic carbocycles. The van der Waals surface area contributed by atoms with Gasteiger partial charge in [-0.25, -0.2) is 0 Å². The lowest BCUT2D eigenvalue weighted by Gasteiger charge is -2.07. The number of carbonyl (C=O) groups is 2. The first kappa shape index (κ1) is 14.6. The minimum atomic E-state index is -0.274. The Morgan fingerprint density at radius 2 is 1.90 bits per heavy atom. The van der Waals surface area contributed by atoms with E-state index in [4.69, 9.17) is 16.3 Å². The Kier molecular flexibility index (Phi) is 4.42. The first-order valence-corrected chi connectivity index (χ1v) is 6.96. The van der Waals surface area contributed by atoms with Crippen LogP contribution in [0.15, 0.2) is 30.3 Å². The highest BCUT2D eigenvalue weighted by Crippen LogP contribution is 2.27. The smallest absolute Gasteiger partial charge is 0.265 e. The maximum atomic E-state index is 12.0. The van der Waals surface area contributed by atoms with Crippen molar-refractivity contribution in [2.75, 3.05) is 12.4 Å². The van der Waals surface area contributed by atoms with Gasteiger partial charge < -0.3 is 10.1 Å². The number of halogens is 1. The Balaban J connectivity index is 2.14. The van der Waals surface area contributed by atoms with Crippen molar-refractivity contribution < 1.29 is 14.3 Å². The van der Waals surface area contributed by atoms with Crippen LogP contribution in [-0.4, -0.2) is 18.8 Å². The fourth-order valence-electron chi connectivity index (χ4n) is 1.59. The third kappa shape index (κ3) is 3.18. The summed E-state index contributed by atoms with van der Waals surface area (Å²) in [5.74, 6) is 0.213. The van der Waals surface area contributed by atoms with Gasteiger partial charge in [-0.2, -0.15) is 0 Å². The normalized spacial score (nSPS) is 10.2. The third-order valence-electron chi connectivity index (χ3n) is 2.59. The summed E-state index contributed by atoms with van der Waals surface area (Å²) >= 11 is 7.15. The number of hydrogen-bond donors (Lipinski definition) is 1. The Morgan fingerprint density at radius 1 is 1.20 bits per heavy atom. The van der Waals surface area contributed by atoms with Gasteiger partial charge >= 0.3 is 0 Å². The van der Waals surface area contributed by atoms with Crippen LogP contribution in [0.25, 0.3) is 0 Å². The van der Waals surface area contributed by atoms with Crippen LogP contribution < -0.4 is 10.1 Å². The molecule has 0 aliphatic heterocycles. The van der Waals surface area contributed by atoms with Crippen molar-refractivity contribution in [1.29, 1.82) is 0 Å². The molecule has 0 radical (unpaired) electrons. The quantitative estimate of drug-likeness (QED) is 0.872. The topological polar surface area (TPSA) is 55.4 Å². The van der Waals surface area contributed by atoms with Crippen molar-refractivity contribution in [2.24, 2.45) is 0 Å². The molecular weight excluding hydrogens is 298 g/mol. The first-order valence-electron chi connectivity index (χ1n) is 5.77. The maximum Gasteiger partial charge on any atom is 0.265 e. The van der Waals surface area contributed by atoms with Gasteiger partial charge in [0.2, 0.25) is 0 Å². The Hall–Kier alpha value is -1.85. The van der Waals surface area contributed by atoms with Gasteiger partial charge in [-0.05, 0) is 37.3 Å². The van der Waals surface area contributed by atoms with Crippen LogP contribution in [0.4, 0.5) is 5.69 Å². The lowest BCUT2D eigenvalue weighted by molar-refractivity contribution is 0.101. The monoisotopic (exact) mass is 309 g/mol. The summed E-state index contributed by atoms with van der Waals surface area (Å²) in [5.41, 5.74) is 0.568. The summed E-state index contributed by atoms with van der Waals surface area (Å²) in [6.07, 6.45) is 0. The summed E-state index contributed by atoms with van der Waals surface area (Å²) in [5, 5.41) is 3.14. The second kappa shape index (κ2) is 6.07. The van der Waals surface area contributed by atoms with Crippen molar-refractivity contribution in [3.05, 3.63) is 45.1 Å². The van der Waals surface area contributed by atoms with Gasteiger partial charge in [0.15, 0.2) is 5.78 Å².